The summed E-state index contributed by atoms with van der Waals surface area (Å²) in [6.45, 7) is 7.53. The third kappa shape index (κ3) is 24.7. The van der Waals surface area contributed by atoms with Crippen molar-refractivity contribution in [2.24, 2.45) is 0 Å². The topological polar surface area (TPSA) is 88.4 Å². The van der Waals surface area contributed by atoms with Crippen LogP contribution in [-0.2, 0) is 19.8 Å². The third-order valence-corrected chi connectivity index (χ3v) is 13.9. The van der Waals surface area contributed by atoms with Crippen LogP contribution in [0.5, 0.6) is 0 Å². The molecule has 3 aromatic carbocycles. The van der Waals surface area contributed by atoms with Crippen molar-refractivity contribution in [2.45, 2.75) is 263 Å². The zero-order chi connectivity index (χ0) is 47.9. The molecule has 0 aromatic heterocycles. The molecule has 0 heterocycles. The molecule has 3 rings (SSSR count). The summed E-state index contributed by atoms with van der Waals surface area (Å²) < 4.78 is 19.9. The molecule has 0 spiro atoms. The Morgan fingerprint density at radius 2 is 0.657 bits per heavy atom. The van der Waals surface area contributed by atoms with E-state index in [1.165, 1.54) is 167 Å². The first kappa shape index (κ1) is 58.7. The molecule has 0 amide bonds. The minimum atomic E-state index is -1.42. The van der Waals surface area contributed by atoms with Crippen LogP contribution in [0.3, 0.4) is 0 Å². The smallest absolute Gasteiger partial charge is 0.160 e. The quantitative estimate of drug-likeness (QED) is 0.0297. The molecule has 67 heavy (non-hydrogen) atoms. The highest BCUT2D eigenvalue weighted by atomic mass is 16.7. The molecule has 0 fully saturated rings. The molecule has 380 valence electrons. The lowest BCUT2D eigenvalue weighted by Crippen LogP contribution is -2.51. The number of unbranched alkanes of at least 4 members (excludes halogenated alkanes) is 28. The van der Waals surface area contributed by atoms with Crippen LogP contribution in [0.15, 0.2) is 91.0 Å². The Kier molecular flexibility index (Phi) is 34.3. The van der Waals surface area contributed by atoms with Crippen molar-refractivity contribution in [3.8, 4) is 0 Å². The Morgan fingerprint density at radius 1 is 0.373 bits per heavy atom. The maximum atomic E-state index is 12.1. The molecular formula is C61H100O6. The van der Waals surface area contributed by atoms with Gasteiger partial charge in [0.05, 0.1) is 12.2 Å². The molecule has 3 N–H and O–H groups in total. The van der Waals surface area contributed by atoms with Gasteiger partial charge in [-0.25, -0.2) is 0 Å². The van der Waals surface area contributed by atoms with Crippen LogP contribution in [0.25, 0.3) is 0 Å². The fourth-order valence-electron chi connectivity index (χ4n) is 9.65. The van der Waals surface area contributed by atoms with Gasteiger partial charge in [-0.15, -0.1) is 0 Å². The summed E-state index contributed by atoms with van der Waals surface area (Å²) in [5.74, 6) is 0. The molecule has 0 bridgehead atoms. The summed E-state index contributed by atoms with van der Waals surface area (Å²) in [5.41, 5.74) is 1.40. The molecule has 4 unspecified atom stereocenters. The molecule has 6 nitrogen and oxygen atoms in total. The first-order valence-corrected chi connectivity index (χ1v) is 28.1. The lowest BCUT2D eigenvalue weighted by molar-refractivity contribution is -0.198. The maximum absolute atomic E-state index is 12.1. The van der Waals surface area contributed by atoms with Gasteiger partial charge in [-0.05, 0) is 36.0 Å². The molecule has 0 radical (unpaired) electrons. The lowest BCUT2D eigenvalue weighted by atomic mass is 9.79. The van der Waals surface area contributed by atoms with Crippen molar-refractivity contribution in [3.63, 3.8) is 0 Å². The minimum Gasteiger partial charge on any atom is -0.390 e. The van der Waals surface area contributed by atoms with Gasteiger partial charge < -0.3 is 29.5 Å². The molecule has 0 saturated heterocycles. The van der Waals surface area contributed by atoms with Gasteiger partial charge in [0.25, 0.3) is 0 Å². The van der Waals surface area contributed by atoms with Crippen molar-refractivity contribution in [2.75, 3.05) is 13.2 Å². The van der Waals surface area contributed by atoms with Gasteiger partial charge >= 0.3 is 0 Å². The van der Waals surface area contributed by atoms with E-state index in [2.05, 4.69) is 13.8 Å². The van der Waals surface area contributed by atoms with Crippen LogP contribution in [0.1, 0.15) is 243 Å². The van der Waals surface area contributed by atoms with Crippen LogP contribution in [-0.4, -0.2) is 59.2 Å². The summed E-state index contributed by atoms with van der Waals surface area (Å²) in [4.78, 5) is 0. The largest absolute Gasteiger partial charge is 0.390 e. The Balaban J connectivity index is 1.56. The highest BCUT2D eigenvalue weighted by Crippen LogP contribution is 2.42. The van der Waals surface area contributed by atoms with Crippen LogP contribution >= 0.6 is 0 Å². The second kappa shape index (κ2) is 39.2. The zero-order valence-corrected chi connectivity index (χ0v) is 43.2. The van der Waals surface area contributed by atoms with E-state index in [1.807, 2.05) is 97.9 Å². The Morgan fingerprint density at radius 3 is 0.940 bits per heavy atom. The van der Waals surface area contributed by atoms with Crippen molar-refractivity contribution < 1.29 is 29.5 Å². The average molecular weight is 929 g/mol. The van der Waals surface area contributed by atoms with Gasteiger partial charge in [0.15, 0.2) is 6.29 Å². The molecule has 0 aliphatic heterocycles. The second-order valence-corrected chi connectivity index (χ2v) is 19.7. The summed E-state index contributed by atoms with van der Waals surface area (Å²) in [5, 5.41) is 35.6. The maximum Gasteiger partial charge on any atom is 0.160 e. The van der Waals surface area contributed by atoms with E-state index in [-0.39, 0.29) is 6.42 Å². The number of hydrogen-bond donors (Lipinski definition) is 3. The summed E-state index contributed by atoms with van der Waals surface area (Å²) in [6.07, 6.45) is 34.0. The predicted molar refractivity (Wildman–Crippen MR) is 283 cm³/mol. The van der Waals surface area contributed by atoms with Gasteiger partial charge in [0, 0.05) is 19.6 Å². The zero-order valence-electron chi connectivity index (χ0n) is 43.2. The van der Waals surface area contributed by atoms with Crippen molar-refractivity contribution in [1.82, 2.24) is 0 Å². The van der Waals surface area contributed by atoms with Gasteiger partial charge in [0.2, 0.25) is 0 Å². The normalized spacial score (nSPS) is 13.8. The van der Waals surface area contributed by atoms with Crippen LogP contribution in [0, 0.1) is 0 Å². The van der Waals surface area contributed by atoms with E-state index in [9.17, 15) is 15.3 Å². The summed E-state index contributed by atoms with van der Waals surface area (Å²) >= 11 is 0. The molecular weight excluding hydrogens is 829 g/mol. The lowest BCUT2D eigenvalue weighted by Gasteiger charge is -2.42. The fourth-order valence-corrected chi connectivity index (χ4v) is 9.65. The van der Waals surface area contributed by atoms with Gasteiger partial charge in [0.1, 0.15) is 17.8 Å². The molecule has 0 aliphatic carbocycles. The van der Waals surface area contributed by atoms with Crippen molar-refractivity contribution in [3.05, 3.63) is 108 Å². The van der Waals surface area contributed by atoms with Gasteiger partial charge in [-0.3, -0.25) is 0 Å². The van der Waals surface area contributed by atoms with E-state index in [0.717, 1.165) is 42.4 Å². The molecule has 4 atom stereocenters. The number of ether oxygens (including phenoxy) is 3. The third-order valence-electron chi connectivity index (χ3n) is 13.9. The first-order valence-electron chi connectivity index (χ1n) is 28.1. The number of hydrogen-bond acceptors (Lipinski definition) is 6. The van der Waals surface area contributed by atoms with Crippen LogP contribution < -0.4 is 0 Å². The number of aliphatic hydroxyl groups excluding tert-OH is 3. The molecule has 0 aliphatic rings. The number of aliphatic hydroxyl groups is 3. The van der Waals surface area contributed by atoms with Gasteiger partial charge in [-0.1, -0.05) is 292 Å². The Bertz CT molecular complexity index is 1370. The number of benzene rings is 3. The SMILES string of the molecule is CCCCCCCCCCCCCCCCCOC(CC(O)C(O)C(OC(c1ccccc1)(c1ccccc1)c1ccccc1)C(O)CC)OCCCCCCCCCCCCCCCCC. The Hall–Kier alpha value is -2.58. The van der Waals surface area contributed by atoms with E-state index < -0.39 is 36.3 Å². The van der Waals surface area contributed by atoms with E-state index in [0.29, 0.717) is 19.6 Å². The first-order chi connectivity index (χ1) is 33.0. The second-order valence-electron chi connectivity index (χ2n) is 19.7. The standard InChI is InChI=1S/C61H100O6/c1-4-7-9-11-13-15-17-19-21-23-25-27-29-31-42-50-65-58(66-51-43-32-30-28-26-24-22-20-18-16-14-12-10-8-5-2)52-57(63)59(64)60(56(62)6-3)67-61(53-44-36-33-37-45-53,54-46-38-34-39-47-54)55-48-40-35-41-49-55/h33-41,44-49,56-60,62-64H,4-32,42-43,50-52H2,1-3H3. The van der Waals surface area contributed by atoms with Crippen LogP contribution in [0.2, 0.25) is 0 Å². The van der Waals surface area contributed by atoms with Crippen molar-refractivity contribution in [1.29, 1.82) is 0 Å². The van der Waals surface area contributed by atoms with Gasteiger partial charge in [-0.2, -0.15) is 0 Å². The molecule has 3 aromatic rings. The van der Waals surface area contributed by atoms with Crippen molar-refractivity contribution >= 4 is 0 Å². The van der Waals surface area contributed by atoms with E-state index in [4.69, 9.17) is 14.2 Å². The van der Waals surface area contributed by atoms with Crippen LogP contribution in [0.4, 0.5) is 0 Å². The predicted octanol–water partition coefficient (Wildman–Crippen LogP) is 16.3. The fraction of sp³-hybridized carbons (Fsp3) is 0.705. The monoisotopic (exact) mass is 929 g/mol. The summed E-state index contributed by atoms with van der Waals surface area (Å²) in [6, 6.07) is 29.9. The number of rotatable bonds is 45. The Labute approximate surface area is 411 Å². The average Bonchev–Trinajstić information content (AvgIpc) is 3.36. The highest BCUT2D eigenvalue weighted by Gasteiger charge is 2.45. The summed E-state index contributed by atoms with van der Waals surface area (Å²) in [7, 11) is 0. The highest BCUT2D eigenvalue weighted by molar-refractivity contribution is 5.47. The van der Waals surface area contributed by atoms with E-state index >= 15 is 0 Å². The minimum absolute atomic E-state index is 0.0734. The molecule has 0 saturated carbocycles. The van der Waals surface area contributed by atoms with E-state index in [1.54, 1.807) is 0 Å². The molecule has 6 heteroatoms.